The molecule has 0 radical (unpaired) electrons. The van der Waals surface area contributed by atoms with Crippen LogP contribution in [0, 0.1) is 11.8 Å². The van der Waals surface area contributed by atoms with Gasteiger partial charge in [-0.25, -0.2) is 0 Å². The number of carbonyl (C=O) groups is 2. The Morgan fingerprint density at radius 2 is 1.86 bits per heavy atom. The first-order valence-electron chi connectivity index (χ1n) is 8.05. The number of aromatic nitrogens is 1. The average molecular weight is 301 g/mol. The minimum Gasteiger partial charge on any atom is -0.339 e. The molecular weight excluding hydrogens is 278 g/mol. The van der Waals surface area contributed by atoms with Crippen LogP contribution in [-0.4, -0.2) is 52.8 Å². The lowest BCUT2D eigenvalue weighted by atomic mass is 10.1. The maximum Gasteiger partial charge on any atom is 0.226 e. The van der Waals surface area contributed by atoms with Gasteiger partial charge in [0.1, 0.15) is 0 Å². The quantitative estimate of drug-likeness (QED) is 0.850. The summed E-state index contributed by atoms with van der Waals surface area (Å²) in [6, 6.07) is 3.97. The zero-order valence-corrected chi connectivity index (χ0v) is 13.2. The third-order valence-corrected chi connectivity index (χ3v) is 4.62. The Labute approximate surface area is 131 Å². The molecule has 0 unspecified atom stereocenters. The predicted molar refractivity (Wildman–Crippen MR) is 83.1 cm³/mol. The molecule has 1 aliphatic carbocycles. The van der Waals surface area contributed by atoms with Crippen LogP contribution in [-0.2, 0) is 9.59 Å². The van der Waals surface area contributed by atoms with Crippen LogP contribution in [0.5, 0.6) is 0 Å². The number of carbonyl (C=O) groups excluding carboxylic acids is 2. The maximum atomic E-state index is 12.6. The van der Waals surface area contributed by atoms with Crippen LogP contribution >= 0.6 is 0 Å². The molecule has 118 valence electrons. The normalized spacial score (nSPS) is 24.5. The highest BCUT2D eigenvalue weighted by atomic mass is 16.2. The molecule has 2 heterocycles. The molecule has 1 aliphatic heterocycles. The Balaban J connectivity index is 1.52. The predicted octanol–water partition coefficient (Wildman–Crippen LogP) is 1.51. The molecule has 3 rings (SSSR count). The van der Waals surface area contributed by atoms with Crippen molar-refractivity contribution in [2.45, 2.75) is 26.2 Å². The van der Waals surface area contributed by atoms with Crippen LogP contribution in [0.1, 0.15) is 31.7 Å². The largest absolute Gasteiger partial charge is 0.339 e. The zero-order chi connectivity index (χ0) is 15.7. The van der Waals surface area contributed by atoms with E-state index in [9.17, 15) is 9.59 Å². The van der Waals surface area contributed by atoms with E-state index in [-0.39, 0.29) is 23.7 Å². The van der Waals surface area contributed by atoms with Gasteiger partial charge in [0.15, 0.2) is 0 Å². The van der Waals surface area contributed by atoms with Gasteiger partial charge in [-0.3, -0.25) is 14.6 Å². The molecule has 2 atom stereocenters. The van der Waals surface area contributed by atoms with Gasteiger partial charge in [-0.15, -0.1) is 0 Å². The first kappa shape index (κ1) is 15.0. The summed E-state index contributed by atoms with van der Waals surface area (Å²) in [4.78, 5) is 32.5. The van der Waals surface area contributed by atoms with E-state index in [2.05, 4.69) is 4.98 Å². The average Bonchev–Trinajstić information content (AvgIpc) is 3.35. The Bertz CT molecular complexity index is 550. The van der Waals surface area contributed by atoms with Crippen molar-refractivity contribution in [3.63, 3.8) is 0 Å². The lowest BCUT2D eigenvalue weighted by Crippen LogP contribution is -2.52. The van der Waals surface area contributed by atoms with E-state index < -0.39 is 0 Å². The summed E-state index contributed by atoms with van der Waals surface area (Å²) in [5.74, 6) is 0.894. The van der Waals surface area contributed by atoms with Gasteiger partial charge >= 0.3 is 0 Å². The fourth-order valence-corrected chi connectivity index (χ4v) is 3.18. The first-order chi connectivity index (χ1) is 10.6. The van der Waals surface area contributed by atoms with Crippen LogP contribution in [0.15, 0.2) is 24.5 Å². The number of hydrogen-bond donors (Lipinski definition) is 0. The summed E-state index contributed by atoms with van der Waals surface area (Å²) in [5.41, 5.74) is 1.16. The number of nitrogens with zero attached hydrogens (tertiary/aromatic N) is 3. The van der Waals surface area contributed by atoms with E-state index >= 15 is 0 Å². The molecule has 2 fully saturated rings. The molecule has 1 aromatic rings. The highest BCUT2D eigenvalue weighted by molar-refractivity contribution is 5.83. The smallest absolute Gasteiger partial charge is 0.226 e. The van der Waals surface area contributed by atoms with E-state index in [1.54, 1.807) is 6.20 Å². The Morgan fingerprint density at radius 1 is 1.18 bits per heavy atom. The van der Waals surface area contributed by atoms with Gasteiger partial charge in [-0.05, 0) is 24.0 Å². The number of rotatable bonds is 3. The summed E-state index contributed by atoms with van der Waals surface area (Å²) < 4.78 is 0. The molecule has 0 spiro atoms. The van der Waals surface area contributed by atoms with Gasteiger partial charge in [0.2, 0.25) is 11.8 Å². The lowest BCUT2D eigenvalue weighted by Gasteiger charge is -2.35. The summed E-state index contributed by atoms with van der Waals surface area (Å²) >= 11 is 0. The molecule has 5 nitrogen and oxygen atoms in total. The summed E-state index contributed by atoms with van der Waals surface area (Å²) in [6.45, 7) is 6.48. The SMILES string of the molecule is CC(C)C(=O)N1CCN(C(=O)[C@@H]2C[C@@H]2c2cccnc2)CC1. The van der Waals surface area contributed by atoms with Crippen molar-refractivity contribution < 1.29 is 9.59 Å². The monoisotopic (exact) mass is 301 g/mol. The lowest BCUT2D eigenvalue weighted by molar-refractivity contribution is -0.142. The maximum absolute atomic E-state index is 12.6. The van der Waals surface area contributed by atoms with E-state index in [0.717, 1.165) is 12.0 Å². The van der Waals surface area contributed by atoms with Crippen molar-refractivity contribution in [3.8, 4) is 0 Å². The molecular formula is C17H23N3O2. The van der Waals surface area contributed by atoms with Crippen molar-refractivity contribution in [1.82, 2.24) is 14.8 Å². The second-order valence-corrected chi connectivity index (χ2v) is 6.54. The number of hydrogen-bond acceptors (Lipinski definition) is 3. The molecule has 5 heteroatoms. The molecule has 0 N–H and O–H groups in total. The van der Waals surface area contributed by atoms with Crippen molar-refractivity contribution in [2.75, 3.05) is 26.2 Å². The summed E-state index contributed by atoms with van der Waals surface area (Å²) in [7, 11) is 0. The van der Waals surface area contributed by atoms with Crippen molar-refractivity contribution >= 4 is 11.8 Å². The minimum absolute atomic E-state index is 0.0284. The van der Waals surface area contributed by atoms with Crippen molar-refractivity contribution in [2.24, 2.45) is 11.8 Å². The van der Waals surface area contributed by atoms with Gasteiger partial charge in [-0.2, -0.15) is 0 Å². The van der Waals surface area contributed by atoms with E-state index in [1.165, 1.54) is 0 Å². The Hall–Kier alpha value is -1.91. The Kier molecular flexibility index (Phi) is 4.14. The molecule has 1 saturated heterocycles. The zero-order valence-electron chi connectivity index (χ0n) is 13.2. The second kappa shape index (κ2) is 6.07. The minimum atomic E-state index is 0.0284. The fourth-order valence-electron chi connectivity index (χ4n) is 3.18. The second-order valence-electron chi connectivity index (χ2n) is 6.54. The van der Waals surface area contributed by atoms with Crippen LogP contribution in [0.4, 0.5) is 0 Å². The molecule has 22 heavy (non-hydrogen) atoms. The van der Waals surface area contributed by atoms with Gasteiger partial charge in [0.25, 0.3) is 0 Å². The first-order valence-corrected chi connectivity index (χ1v) is 8.05. The number of pyridine rings is 1. The molecule has 2 aliphatic rings. The fraction of sp³-hybridized carbons (Fsp3) is 0.588. The number of piperazine rings is 1. The third kappa shape index (κ3) is 2.98. The molecule has 0 bridgehead atoms. The standard InChI is InChI=1S/C17H23N3O2/c1-12(2)16(21)19-6-8-20(9-7-19)17(22)15-10-14(15)13-4-3-5-18-11-13/h3-5,11-12,14-15H,6-10H2,1-2H3/t14-,15-/m1/s1. The van der Waals surface area contributed by atoms with Gasteiger partial charge in [-0.1, -0.05) is 19.9 Å². The topological polar surface area (TPSA) is 53.5 Å². The van der Waals surface area contributed by atoms with Gasteiger partial charge < -0.3 is 9.80 Å². The molecule has 1 aromatic heterocycles. The van der Waals surface area contributed by atoms with Crippen molar-refractivity contribution in [1.29, 1.82) is 0 Å². The third-order valence-electron chi connectivity index (χ3n) is 4.62. The van der Waals surface area contributed by atoms with E-state index in [0.29, 0.717) is 32.1 Å². The van der Waals surface area contributed by atoms with E-state index in [4.69, 9.17) is 0 Å². The van der Waals surface area contributed by atoms with Gasteiger partial charge in [0, 0.05) is 50.4 Å². The number of amides is 2. The van der Waals surface area contributed by atoms with Crippen LogP contribution in [0.25, 0.3) is 0 Å². The molecule has 1 saturated carbocycles. The van der Waals surface area contributed by atoms with Crippen LogP contribution < -0.4 is 0 Å². The van der Waals surface area contributed by atoms with Crippen LogP contribution in [0.3, 0.4) is 0 Å². The molecule has 2 amide bonds. The molecule has 0 aromatic carbocycles. The highest BCUT2D eigenvalue weighted by Gasteiger charge is 2.46. The highest BCUT2D eigenvalue weighted by Crippen LogP contribution is 2.48. The Morgan fingerprint density at radius 3 is 2.45 bits per heavy atom. The van der Waals surface area contributed by atoms with E-state index in [1.807, 2.05) is 42.0 Å². The summed E-state index contributed by atoms with van der Waals surface area (Å²) in [5, 5.41) is 0. The van der Waals surface area contributed by atoms with Crippen molar-refractivity contribution in [3.05, 3.63) is 30.1 Å². The summed E-state index contributed by atoms with van der Waals surface area (Å²) in [6.07, 6.45) is 4.54. The van der Waals surface area contributed by atoms with Crippen LogP contribution in [0.2, 0.25) is 0 Å². The van der Waals surface area contributed by atoms with Gasteiger partial charge in [0.05, 0.1) is 0 Å².